The number of carbonyl (C=O) groups excluding carboxylic acids is 2. The molecule has 0 aliphatic rings. The summed E-state index contributed by atoms with van der Waals surface area (Å²) >= 11 is 1.22. The highest BCUT2D eigenvalue weighted by Crippen LogP contribution is 2.14. The predicted molar refractivity (Wildman–Crippen MR) is 61.2 cm³/mol. The van der Waals surface area contributed by atoms with Gasteiger partial charge in [-0.2, -0.15) is 0 Å². The fourth-order valence-electron chi connectivity index (χ4n) is 1.44. The van der Waals surface area contributed by atoms with Gasteiger partial charge in [0.15, 0.2) is 0 Å². The SMILES string of the molecule is CCC[C@@H](CCC(=O)Nc1nncs1)C(=O)[O-]. The highest BCUT2D eigenvalue weighted by Gasteiger charge is 2.12. The minimum absolute atomic E-state index is 0.151. The Bertz CT molecular complexity index is 367. The van der Waals surface area contributed by atoms with E-state index in [-0.39, 0.29) is 12.3 Å². The van der Waals surface area contributed by atoms with Crippen LogP contribution >= 0.6 is 11.3 Å². The fourth-order valence-corrected chi connectivity index (χ4v) is 1.90. The summed E-state index contributed by atoms with van der Waals surface area (Å²) in [6.07, 6.45) is 1.74. The third-order valence-electron chi connectivity index (χ3n) is 2.30. The van der Waals surface area contributed by atoms with E-state index in [2.05, 4.69) is 15.5 Å². The second kappa shape index (κ2) is 6.95. The van der Waals surface area contributed by atoms with Gasteiger partial charge in [-0.25, -0.2) is 0 Å². The minimum atomic E-state index is -1.09. The van der Waals surface area contributed by atoms with Gasteiger partial charge in [0.05, 0.1) is 0 Å². The standard InChI is InChI=1S/C10H15N3O3S/c1-2-3-7(9(15)16)4-5-8(14)12-10-13-11-6-17-10/h6-7H,2-5H2,1H3,(H,15,16)(H,12,13,14)/p-1/t7-/m0/s1. The van der Waals surface area contributed by atoms with E-state index in [1.54, 1.807) is 0 Å². The van der Waals surface area contributed by atoms with Crippen LogP contribution in [0, 0.1) is 5.92 Å². The van der Waals surface area contributed by atoms with Gasteiger partial charge in [0.1, 0.15) is 5.51 Å². The molecule has 0 unspecified atom stereocenters. The van der Waals surface area contributed by atoms with Crippen molar-refractivity contribution in [1.82, 2.24) is 10.2 Å². The Labute approximate surface area is 103 Å². The Morgan fingerprint density at radius 1 is 1.53 bits per heavy atom. The molecule has 17 heavy (non-hydrogen) atoms. The monoisotopic (exact) mass is 256 g/mol. The zero-order chi connectivity index (χ0) is 12.7. The number of hydrogen-bond acceptors (Lipinski definition) is 6. The van der Waals surface area contributed by atoms with Crippen molar-refractivity contribution in [2.24, 2.45) is 5.92 Å². The molecule has 1 heterocycles. The van der Waals surface area contributed by atoms with Crippen molar-refractivity contribution in [3.8, 4) is 0 Å². The number of carboxylic acids is 1. The number of nitrogens with zero attached hydrogens (tertiary/aromatic N) is 2. The molecule has 1 aromatic rings. The zero-order valence-corrected chi connectivity index (χ0v) is 10.3. The number of carbonyl (C=O) groups is 2. The van der Waals surface area contributed by atoms with Gasteiger partial charge in [-0.05, 0) is 18.8 Å². The second-order valence-corrected chi connectivity index (χ2v) is 4.47. The molecule has 6 nitrogen and oxygen atoms in total. The van der Waals surface area contributed by atoms with Crippen LogP contribution in [-0.4, -0.2) is 22.1 Å². The number of aromatic nitrogens is 2. The third-order valence-corrected chi connectivity index (χ3v) is 2.90. The molecule has 0 aromatic carbocycles. The molecule has 94 valence electrons. The average Bonchev–Trinajstić information content (AvgIpc) is 2.76. The number of carboxylic acid groups (broad SMARTS) is 1. The van der Waals surface area contributed by atoms with E-state index in [1.807, 2.05) is 6.92 Å². The van der Waals surface area contributed by atoms with Gasteiger partial charge in [-0.15, -0.1) is 10.2 Å². The Balaban J connectivity index is 2.33. The van der Waals surface area contributed by atoms with Gasteiger partial charge in [0.2, 0.25) is 11.0 Å². The zero-order valence-electron chi connectivity index (χ0n) is 9.51. The van der Waals surface area contributed by atoms with Gasteiger partial charge in [-0.1, -0.05) is 24.7 Å². The lowest BCUT2D eigenvalue weighted by molar-refractivity contribution is -0.312. The van der Waals surface area contributed by atoms with Crippen LogP contribution < -0.4 is 10.4 Å². The Morgan fingerprint density at radius 3 is 2.82 bits per heavy atom. The van der Waals surface area contributed by atoms with Gasteiger partial charge >= 0.3 is 0 Å². The van der Waals surface area contributed by atoms with Crippen LogP contribution in [0.5, 0.6) is 0 Å². The first kappa shape index (κ1) is 13.6. The van der Waals surface area contributed by atoms with Crippen LogP contribution in [0.1, 0.15) is 32.6 Å². The van der Waals surface area contributed by atoms with Gasteiger partial charge in [-0.3, -0.25) is 4.79 Å². The van der Waals surface area contributed by atoms with Crippen LogP contribution in [0.2, 0.25) is 0 Å². The Kier molecular flexibility index (Phi) is 5.55. The van der Waals surface area contributed by atoms with Crippen LogP contribution in [0.25, 0.3) is 0 Å². The first-order chi connectivity index (χ1) is 8.13. The number of amides is 1. The summed E-state index contributed by atoms with van der Waals surface area (Å²) in [5, 5.41) is 21.0. The van der Waals surface area contributed by atoms with Crippen molar-refractivity contribution in [2.75, 3.05) is 5.32 Å². The van der Waals surface area contributed by atoms with Crippen molar-refractivity contribution in [3.05, 3.63) is 5.51 Å². The molecule has 1 aromatic heterocycles. The van der Waals surface area contributed by atoms with Crippen molar-refractivity contribution < 1.29 is 14.7 Å². The second-order valence-electron chi connectivity index (χ2n) is 3.64. The minimum Gasteiger partial charge on any atom is -0.550 e. The molecule has 1 amide bonds. The lowest BCUT2D eigenvalue weighted by atomic mass is 9.98. The van der Waals surface area contributed by atoms with Crippen molar-refractivity contribution >= 4 is 28.3 Å². The molecule has 0 saturated carbocycles. The Morgan fingerprint density at radius 2 is 2.29 bits per heavy atom. The summed E-state index contributed by atoms with van der Waals surface area (Å²) in [4.78, 5) is 22.2. The Hall–Kier alpha value is -1.50. The topological polar surface area (TPSA) is 95.0 Å². The summed E-state index contributed by atoms with van der Waals surface area (Å²) in [6.45, 7) is 1.90. The maximum absolute atomic E-state index is 11.5. The third kappa shape index (κ3) is 4.90. The molecule has 1 rings (SSSR count). The van der Waals surface area contributed by atoms with Crippen LogP contribution in [0.3, 0.4) is 0 Å². The molecule has 0 spiro atoms. The number of rotatable bonds is 7. The number of nitrogens with one attached hydrogen (secondary N) is 1. The molecular formula is C10H14N3O3S-. The molecule has 0 fully saturated rings. The molecule has 0 aliphatic carbocycles. The van der Waals surface area contributed by atoms with Crippen molar-refractivity contribution in [2.45, 2.75) is 32.6 Å². The molecule has 0 saturated heterocycles. The smallest absolute Gasteiger partial charge is 0.226 e. The summed E-state index contributed by atoms with van der Waals surface area (Å²) in [7, 11) is 0. The van der Waals surface area contributed by atoms with Gasteiger partial charge < -0.3 is 15.2 Å². The molecule has 0 bridgehead atoms. The quantitative estimate of drug-likeness (QED) is 0.763. The van der Waals surface area contributed by atoms with E-state index in [0.29, 0.717) is 18.0 Å². The number of aliphatic carboxylic acids is 1. The van der Waals surface area contributed by atoms with Crippen LogP contribution in [0.15, 0.2) is 5.51 Å². The maximum Gasteiger partial charge on any atom is 0.226 e. The van der Waals surface area contributed by atoms with Gasteiger partial charge in [0.25, 0.3) is 0 Å². The van der Waals surface area contributed by atoms with E-state index in [0.717, 1.165) is 6.42 Å². The van der Waals surface area contributed by atoms with E-state index >= 15 is 0 Å². The predicted octanol–water partition coefficient (Wildman–Crippen LogP) is 0.423. The van der Waals surface area contributed by atoms with Gasteiger partial charge in [0, 0.05) is 12.4 Å². The normalized spacial score (nSPS) is 12.1. The lowest BCUT2D eigenvalue weighted by Crippen LogP contribution is -2.32. The number of hydrogen-bond donors (Lipinski definition) is 1. The van der Waals surface area contributed by atoms with Crippen LogP contribution in [-0.2, 0) is 9.59 Å². The van der Waals surface area contributed by atoms with Crippen molar-refractivity contribution in [3.63, 3.8) is 0 Å². The fraction of sp³-hybridized carbons (Fsp3) is 0.600. The number of anilines is 1. The summed E-state index contributed by atoms with van der Waals surface area (Å²) < 4.78 is 0. The summed E-state index contributed by atoms with van der Waals surface area (Å²) in [5.41, 5.74) is 1.51. The van der Waals surface area contributed by atoms with Crippen molar-refractivity contribution in [1.29, 1.82) is 0 Å². The van der Waals surface area contributed by atoms with E-state index in [1.165, 1.54) is 16.8 Å². The molecule has 1 N–H and O–H groups in total. The molecule has 0 aliphatic heterocycles. The molecule has 7 heteroatoms. The van der Waals surface area contributed by atoms with E-state index in [9.17, 15) is 14.7 Å². The first-order valence-electron chi connectivity index (χ1n) is 5.40. The van der Waals surface area contributed by atoms with E-state index in [4.69, 9.17) is 0 Å². The highest BCUT2D eigenvalue weighted by atomic mass is 32.1. The van der Waals surface area contributed by atoms with Crippen LogP contribution in [0.4, 0.5) is 5.13 Å². The summed E-state index contributed by atoms with van der Waals surface area (Å²) in [6, 6.07) is 0. The molecule has 0 radical (unpaired) electrons. The average molecular weight is 256 g/mol. The highest BCUT2D eigenvalue weighted by molar-refractivity contribution is 7.13. The lowest BCUT2D eigenvalue weighted by Gasteiger charge is -2.16. The van der Waals surface area contributed by atoms with E-state index < -0.39 is 11.9 Å². The largest absolute Gasteiger partial charge is 0.550 e. The maximum atomic E-state index is 11.5. The molecule has 1 atom stereocenters. The summed E-state index contributed by atoms with van der Waals surface area (Å²) in [5.74, 6) is -1.89. The first-order valence-corrected chi connectivity index (χ1v) is 6.28. The molecular weight excluding hydrogens is 242 g/mol.